The Morgan fingerprint density at radius 1 is 1.00 bits per heavy atom. The van der Waals surface area contributed by atoms with E-state index in [0.717, 1.165) is 14.3 Å². The summed E-state index contributed by atoms with van der Waals surface area (Å²) in [6, 6.07) is 16.7. The Morgan fingerprint density at radius 3 is 2.27 bits per heavy atom. The van der Waals surface area contributed by atoms with Crippen molar-refractivity contribution in [2.45, 2.75) is 31.3 Å². The van der Waals surface area contributed by atoms with Gasteiger partial charge in [-0.15, -0.1) is 0 Å². The first-order chi connectivity index (χ1) is 19.0. The molecule has 0 aliphatic carbocycles. The Labute approximate surface area is 248 Å². The predicted octanol–water partition coefficient (Wildman–Crippen LogP) is 4.87. The SMILES string of the molecule is CCNC(=O)[C@H](C)N(Cc1cccc(Br)c1)C(=O)CN(c1ccc(Cl)cc1)S(=O)(=O)c1ccc(OC)c(OC)c1. The molecule has 1 atom stereocenters. The van der Waals surface area contributed by atoms with Crippen LogP contribution in [0.1, 0.15) is 19.4 Å². The van der Waals surface area contributed by atoms with Gasteiger partial charge >= 0.3 is 0 Å². The molecule has 3 rings (SSSR count). The number of carbonyl (C=O) groups excluding carboxylic acids is 2. The molecule has 0 aliphatic heterocycles. The maximum Gasteiger partial charge on any atom is 0.264 e. The van der Waals surface area contributed by atoms with E-state index in [2.05, 4.69) is 21.2 Å². The summed E-state index contributed by atoms with van der Waals surface area (Å²) in [6.45, 7) is 3.28. The number of anilines is 1. The van der Waals surface area contributed by atoms with Gasteiger partial charge in [0.15, 0.2) is 11.5 Å². The van der Waals surface area contributed by atoms with Gasteiger partial charge in [0.25, 0.3) is 10.0 Å². The molecule has 3 aromatic rings. The van der Waals surface area contributed by atoms with Crippen molar-refractivity contribution in [1.29, 1.82) is 0 Å². The fourth-order valence-corrected chi connectivity index (χ4v) is 5.98. The maximum atomic E-state index is 14.0. The summed E-state index contributed by atoms with van der Waals surface area (Å²) in [6.07, 6.45) is 0. The minimum Gasteiger partial charge on any atom is -0.493 e. The maximum absolute atomic E-state index is 14.0. The number of nitrogens with zero attached hydrogens (tertiary/aromatic N) is 2. The number of hydrogen-bond acceptors (Lipinski definition) is 6. The number of carbonyl (C=O) groups is 2. The number of hydrogen-bond donors (Lipinski definition) is 1. The lowest BCUT2D eigenvalue weighted by atomic mass is 10.1. The molecule has 0 unspecified atom stereocenters. The van der Waals surface area contributed by atoms with Gasteiger partial charge in [-0.2, -0.15) is 0 Å². The third-order valence-electron chi connectivity index (χ3n) is 6.10. The number of rotatable bonds is 12. The first-order valence-corrected chi connectivity index (χ1v) is 14.9. The number of halogens is 2. The molecule has 3 aromatic carbocycles. The summed E-state index contributed by atoms with van der Waals surface area (Å²) >= 11 is 9.49. The number of likely N-dealkylation sites (N-methyl/N-ethyl adjacent to an activating group) is 1. The van der Waals surface area contributed by atoms with Crippen LogP contribution >= 0.6 is 27.5 Å². The minimum absolute atomic E-state index is 0.0848. The second-order valence-electron chi connectivity index (χ2n) is 8.73. The zero-order chi connectivity index (χ0) is 29.4. The van der Waals surface area contributed by atoms with Gasteiger partial charge in [0.05, 0.1) is 24.8 Å². The largest absolute Gasteiger partial charge is 0.493 e. The van der Waals surface area contributed by atoms with Crippen molar-refractivity contribution in [3.8, 4) is 11.5 Å². The van der Waals surface area contributed by atoms with Crippen LogP contribution in [-0.4, -0.2) is 58.5 Å². The van der Waals surface area contributed by atoms with E-state index in [1.165, 1.54) is 61.6 Å². The van der Waals surface area contributed by atoms with E-state index in [4.69, 9.17) is 21.1 Å². The summed E-state index contributed by atoms with van der Waals surface area (Å²) in [5.74, 6) is -0.358. The molecule has 12 heteroatoms. The standard InChI is InChI=1S/C28H31BrClN3O6S/c1-5-31-28(35)19(2)32(17-20-7-6-8-21(29)15-20)27(34)18-33(23-11-9-22(30)10-12-23)40(36,37)24-13-14-25(38-3)26(16-24)39-4/h6-16,19H,5,17-18H2,1-4H3,(H,31,35)/t19-/m0/s1. The summed E-state index contributed by atoms with van der Waals surface area (Å²) in [7, 11) is -1.44. The lowest BCUT2D eigenvalue weighted by molar-refractivity contribution is -0.139. The average Bonchev–Trinajstić information content (AvgIpc) is 2.94. The van der Waals surface area contributed by atoms with Crippen LogP contribution in [0, 0.1) is 0 Å². The molecule has 2 amide bonds. The van der Waals surface area contributed by atoms with E-state index in [9.17, 15) is 18.0 Å². The lowest BCUT2D eigenvalue weighted by Gasteiger charge is -2.32. The van der Waals surface area contributed by atoms with E-state index < -0.39 is 28.5 Å². The van der Waals surface area contributed by atoms with Crippen LogP contribution in [0.2, 0.25) is 5.02 Å². The highest BCUT2D eigenvalue weighted by molar-refractivity contribution is 9.10. The number of benzene rings is 3. The van der Waals surface area contributed by atoms with Crippen LogP contribution in [0.4, 0.5) is 5.69 Å². The van der Waals surface area contributed by atoms with Crippen molar-refractivity contribution in [3.05, 3.63) is 81.8 Å². The molecule has 0 fully saturated rings. The van der Waals surface area contributed by atoms with E-state index in [-0.39, 0.29) is 28.8 Å². The Kier molecular flexibility index (Phi) is 10.8. The molecular weight excluding hydrogens is 622 g/mol. The van der Waals surface area contributed by atoms with Gasteiger partial charge < -0.3 is 19.7 Å². The Hall–Kier alpha value is -3.28. The molecule has 0 aromatic heterocycles. The third kappa shape index (κ3) is 7.47. The van der Waals surface area contributed by atoms with Crippen molar-refractivity contribution in [1.82, 2.24) is 10.2 Å². The number of nitrogens with one attached hydrogen (secondary N) is 1. The topological polar surface area (TPSA) is 105 Å². The van der Waals surface area contributed by atoms with E-state index >= 15 is 0 Å². The van der Waals surface area contributed by atoms with Crippen molar-refractivity contribution in [2.75, 3.05) is 31.6 Å². The first kappa shape index (κ1) is 31.3. The molecule has 0 heterocycles. The fraction of sp³-hybridized carbons (Fsp3) is 0.286. The number of sulfonamides is 1. The van der Waals surface area contributed by atoms with Crippen LogP contribution in [0.15, 0.2) is 76.1 Å². The van der Waals surface area contributed by atoms with Gasteiger partial charge in [0.2, 0.25) is 11.8 Å². The number of methoxy groups -OCH3 is 2. The van der Waals surface area contributed by atoms with Gasteiger partial charge in [0, 0.05) is 28.7 Å². The Balaban J connectivity index is 2.07. The highest BCUT2D eigenvalue weighted by Crippen LogP contribution is 2.32. The molecule has 214 valence electrons. The zero-order valence-electron chi connectivity index (χ0n) is 22.6. The molecule has 0 radical (unpaired) electrons. The fourth-order valence-electron chi connectivity index (χ4n) is 3.98. The molecule has 0 bridgehead atoms. The van der Waals surface area contributed by atoms with Gasteiger partial charge in [-0.25, -0.2) is 8.42 Å². The Bertz CT molecular complexity index is 1450. The summed E-state index contributed by atoms with van der Waals surface area (Å²) in [5, 5.41) is 3.14. The van der Waals surface area contributed by atoms with Crippen molar-refractivity contribution >= 4 is 55.1 Å². The number of ether oxygens (including phenoxy) is 2. The smallest absolute Gasteiger partial charge is 0.264 e. The Morgan fingerprint density at radius 2 is 1.68 bits per heavy atom. The highest BCUT2D eigenvalue weighted by Gasteiger charge is 2.33. The molecular formula is C28H31BrClN3O6S. The van der Waals surface area contributed by atoms with Crippen LogP contribution in [0.5, 0.6) is 11.5 Å². The molecule has 1 N–H and O–H groups in total. The minimum atomic E-state index is -4.29. The van der Waals surface area contributed by atoms with Crippen molar-refractivity contribution < 1.29 is 27.5 Å². The van der Waals surface area contributed by atoms with E-state index in [0.29, 0.717) is 17.3 Å². The monoisotopic (exact) mass is 651 g/mol. The van der Waals surface area contributed by atoms with Crippen LogP contribution in [0.3, 0.4) is 0 Å². The van der Waals surface area contributed by atoms with Crippen LogP contribution in [0.25, 0.3) is 0 Å². The first-order valence-electron chi connectivity index (χ1n) is 12.3. The van der Waals surface area contributed by atoms with Crippen molar-refractivity contribution in [3.63, 3.8) is 0 Å². The summed E-state index contributed by atoms with van der Waals surface area (Å²) in [4.78, 5) is 27.9. The summed E-state index contributed by atoms with van der Waals surface area (Å²) < 4.78 is 40.3. The molecule has 0 saturated carbocycles. The predicted molar refractivity (Wildman–Crippen MR) is 158 cm³/mol. The summed E-state index contributed by atoms with van der Waals surface area (Å²) in [5.41, 5.74) is 0.986. The molecule has 9 nitrogen and oxygen atoms in total. The molecule has 0 saturated heterocycles. The van der Waals surface area contributed by atoms with E-state index in [1.54, 1.807) is 13.8 Å². The normalized spacial score (nSPS) is 11.8. The van der Waals surface area contributed by atoms with Crippen LogP contribution < -0.4 is 19.1 Å². The van der Waals surface area contributed by atoms with Gasteiger partial charge in [0.1, 0.15) is 12.6 Å². The number of amides is 2. The molecule has 0 aliphatic rings. The lowest BCUT2D eigenvalue weighted by Crippen LogP contribution is -2.51. The molecule has 0 spiro atoms. The van der Waals surface area contributed by atoms with Gasteiger partial charge in [-0.3, -0.25) is 13.9 Å². The highest BCUT2D eigenvalue weighted by atomic mass is 79.9. The van der Waals surface area contributed by atoms with E-state index in [1.807, 2.05) is 24.3 Å². The molecule has 40 heavy (non-hydrogen) atoms. The average molecular weight is 653 g/mol. The van der Waals surface area contributed by atoms with Gasteiger partial charge in [-0.05, 0) is 67.9 Å². The van der Waals surface area contributed by atoms with Gasteiger partial charge in [-0.1, -0.05) is 39.7 Å². The quantitative estimate of drug-likeness (QED) is 0.300. The van der Waals surface area contributed by atoms with Crippen LogP contribution in [-0.2, 0) is 26.2 Å². The second kappa shape index (κ2) is 13.9. The van der Waals surface area contributed by atoms with Crippen molar-refractivity contribution in [2.24, 2.45) is 0 Å². The zero-order valence-corrected chi connectivity index (χ0v) is 25.7. The third-order valence-corrected chi connectivity index (χ3v) is 8.61. The second-order valence-corrected chi connectivity index (χ2v) is 11.9.